The van der Waals surface area contributed by atoms with Crippen molar-refractivity contribution in [2.24, 2.45) is 0 Å². The lowest BCUT2D eigenvalue weighted by Gasteiger charge is -2.14. The molecule has 0 saturated carbocycles. The molecule has 3 nitrogen and oxygen atoms in total. The van der Waals surface area contributed by atoms with Gasteiger partial charge in [-0.15, -0.1) is 0 Å². The fourth-order valence-corrected chi connectivity index (χ4v) is 3.37. The Bertz CT molecular complexity index is 611. The van der Waals surface area contributed by atoms with Crippen molar-refractivity contribution >= 4 is 16.6 Å². The minimum atomic E-state index is 0.539. The maximum atomic E-state index is 4.38. The summed E-state index contributed by atoms with van der Waals surface area (Å²) in [5, 5.41) is 5.00. The van der Waals surface area contributed by atoms with E-state index in [4.69, 9.17) is 0 Å². The summed E-state index contributed by atoms with van der Waals surface area (Å²) >= 11 is 0. The van der Waals surface area contributed by atoms with Crippen LogP contribution in [0.25, 0.3) is 16.6 Å². The van der Waals surface area contributed by atoms with E-state index in [1.165, 1.54) is 42.2 Å². The van der Waals surface area contributed by atoms with Gasteiger partial charge in [-0.1, -0.05) is 6.08 Å². The molecule has 4 rings (SSSR count). The number of H-pyrrole nitrogens is 1. The summed E-state index contributed by atoms with van der Waals surface area (Å²) in [6.07, 6.45) is 11.4. The van der Waals surface area contributed by atoms with Gasteiger partial charge in [-0.2, -0.15) is 0 Å². The smallest absolute Gasteiger partial charge is 0.137 e. The van der Waals surface area contributed by atoms with Gasteiger partial charge in [-0.05, 0) is 43.4 Å². The molecule has 2 unspecified atom stereocenters. The van der Waals surface area contributed by atoms with Crippen LogP contribution in [-0.2, 0) is 0 Å². The molecule has 2 N–H and O–H groups in total. The first-order valence-electron chi connectivity index (χ1n) is 6.80. The van der Waals surface area contributed by atoms with Crippen LogP contribution in [0.2, 0.25) is 0 Å². The standard InChI is InChI=1S/C15H17N3/c1-3-10-6-7-14(18-10)11(4-1)13-9-17-15-12(13)5-2-8-16-15/h2,4-5,8-10,14,18H,1,3,6-7H2,(H,16,17). The predicted octanol–water partition coefficient (Wildman–Crippen LogP) is 2.86. The van der Waals surface area contributed by atoms with E-state index in [0.717, 1.165) is 11.7 Å². The SMILES string of the molecule is C1=C(c2c[nH]c3ncccc23)C2CCC(CC1)N2. The van der Waals surface area contributed by atoms with Crippen molar-refractivity contribution in [3.05, 3.63) is 36.2 Å². The second-order valence-corrected chi connectivity index (χ2v) is 5.33. The van der Waals surface area contributed by atoms with Crippen molar-refractivity contribution in [3.8, 4) is 0 Å². The van der Waals surface area contributed by atoms with Gasteiger partial charge in [0.2, 0.25) is 0 Å². The van der Waals surface area contributed by atoms with Crippen LogP contribution in [0.5, 0.6) is 0 Å². The van der Waals surface area contributed by atoms with Crippen LogP contribution in [-0.4, -0.2) is 22.1 Å². The maximum absolute atomic E-state index is 4.38. The summed E-state index contributed by atoms with van der Waals surface area (Å²) in [6, 6.07) is 5.44. The van der Waals surface area contributed by atoms with E-state index in [-0.39, 0.29) is 0 Å². The van der Waals surface area contributed by atoms with Gasteiger partial charge in [0.25, 0.3) is 0 Å². The highest BCUT2D eigenvalue weighted by molar-refractivity contribution is 5.91. The second kappa shape index (κ2) is 3.95. The number of aromatic nitrogens is 2. The zero-order chi connectivity index (χ0) is 11.9. The highest BCUT2D eigenvalue weighted by atomic mass is 15.0. The minimum absolute atomic E-state index is 0.539. The predicted molar refractivity (Wildman–Crippen MR) is 73.3 cm³/mol. The summed E-state index contributed by atoms with van der Waals surface area (Å²) in [5.74, 6) is 0. The van der Waals surface area contributed by atoms with Gasteiger partial charge in [-0.25, -0.2) is 4.98 Å². The Kier molecular flexibility index (Phi) is 2.27. The van der Waals surface area contributed by atoms with Crippen LogP contribution >= 0.6 is 0 Å². The molecule has 2 bridgehead atoms. The lowest BCUT2D eigenvalue weighted by molar-refractivity contribution is 0.559. The Morgan fingerprint density at radius 2 is 2.22 bits per heavy atom. The van der Waals surface area contributed by atoms with Crippen molar-refractivity contribution in [1.29, 1.82) is 0 Å². The Morgan fingerprint density at radius 3 is 3.22 bits per heavy atom. The van der Waals surface area contributed by atoms with Crippen LogP contribution in [0.15, 0.2) is 30.6 Å². The van der Waals surface area contributed by atoms with Gasteiger partial charge < -0.3 is 10.3 Å². The van der Waals surface area contributed by atoms with Gasteiger partial charge >= 0.3 is 0 Å². The maximum Gasteiger partial charge on any atom is 0.137 e. The van der Waals surface area contributed by atoms with Gasteiger partial charge in [0.05, 0.1) is 0 Å². The topological polar surface area (TPSA) is 40.7 Å². The first-order valence-corrected chi connectivity index (χ1v) is 6.80. The normalized spacial score (nSPS) is 27.2. The molecule has 2 aromatic heterocycles. The molecule has 1 fully saturated rings. The summed E-state index contributed by atoms with van der Waals surface area (Å²) in [6.45, 7) is 0. The monoisotopic (exact) mass is 239 g/mol. The van der Waals surface area contributed by atoms with E-state index in [0.29, 0.717) is 6.04 Å². The summed E-state index contributed by atoms with van der Waals surface area (Å²) in [7, 11) is 0. The first-order chi connectivity index (χ1) is 8.92. The van der Waals surface area contributed by atoms with Gasteiger partial charge in [0, 0.05) is 35.4 Å². The number of rotatable bonds is 1. The van der Waals surface area contributed by atoms with Crippen LogP contribution in [0, 0.1) is 0 Å². The quantitative estimate of drug-likeness (QED) is 0.803. The van der Waals surface area contributed by atoms with Crippen LogP contribution < -0.4 is 5.32 Å². The highest BCUT2D eigenvalue weighted by Gasteiger charge is 2.29. The average molecular weight is 239 g/mol. The second-order valence-electron chi connectivity index (χ2n) is 5.33. The zero-order valence-corrected chi connectivity index (χ0v) is 10.3. The average Bonchev–Trinajstić information content (AvgIpc) is 2.95. The summed E-state index contributed by atoms with van der Waals surface area (Å²) in [4.78, 5) is 7.66. The molecular formula is C15H17N3. The van der Waals surface area contributed by atoms with Crippen LogP contribution in [0.1, 0.15) is 31.2 Å². The molecule has 0 spiro atoms. The number of allylic oxidation sites excluding steroid dienone is 1. The van der Waals surface area contributed by atoms with Gasteiger partial charge in [0.15, 0.2) is 0 Å². The molecule has 3 heteroatoms. The Labute approximate surface area is 106 Å². The minimum Gasteiger partial charge on any atom is -0.346 e. The summed E-state index contributed by atoms with van der Waals surface area (Å²) < 4.78 is 0. The van der Waals surface area contributed by atoms with Gasteiger partial charge in [0.1, 0.15) is 5.65 Å². The van der Waals surface area contributed by atoms with Gasteiger partial charge in [-0.3, -0.25) is 0 Å². The highest BCUT2D eigenvalue weighted by Crippen LogP contribution is 2.34. The molecule has 92 valence electrons. The van der Waals surface area contributed by atoms with Crippen molar-refractivity contribution in [3.63, 3.8) is 0 Å². The van der Waals surface area contributed by atoms with Crippen molar-refractivity contribution in [2.45, 2.75) is 37.8 Å². The summed E-state index contributed by atoms with van der Waals surface area (Å²) in [5.41, 5.74) is 3.79. The van der Waals surface area contributed by atoms with E-state index in [1.807, 2.05) is 12.3 Å². The Morgan fingerprint density at radius 1 is 1.22 bits per heavy atom. The lowest BCUT2D eigenvalue weighted by Crippen LogP contribution is -2.28. The molecule has 0 aromatic carbocycles. The van der Waals surface area contributed by atoms with E-state index in [1.54, 1.807) is 0 Å². The molecule has 2 aliphatic rings. The van der Waals surface area contributed by atoms with Crippen molar-refractivity contribution < 1.29 is 0 Å². The zero-order valence-electron chi connectivity index (χ0n) is 10.3. The molecule has 4 heterocycles. The molecule has 0 amide bonds. The number of aromatic amines is 1. The molecule has 2 aromatic rings. The fraction of sp³-hybridized carbons (Fsp3) is 0.400. The molecule has 1 saturated heterocycles. The Hall–Kier alpha value is -1.61. The molecule has 0 aliphatic carbocycles. The molecule has 18 heavy (non-hydrogen) atoms. The number of hydrogen-bond donors (Lipinski definition) is 2. The van der Waals surface area contributed by atoms with E-state index >= 15 is 0 Å². The van der Waals surface area contributed by atoms with Crippen molar-refractivity contribution in [2.75, 3.05) is 0 Å². The first kappa shape index (κ1) is 10.3. The number of hydrogen-bond acceptors (Lipinski definition) is 2. The number of nitrogens with one attached hydrogen (secondary N) is 2. The number of fused-ring (bicyclic) bond motifs is 3. The third kappa shape index (κ3) is 1.51. The number of nitrogens with zero attached hydrogens (tertiary/aromatic N) is 1. The van der Waals surface area contributed by atoms with E-state index in [2.05, 4.69) is 33.6 Å². The third-order valence-electron chi connectivity index (χ3n) is 4.26. The van der Waals surface area contributed by atoms with Crippen LogP contribution in [0.4, 0.5) is 0 Å². The fourth-order valence-electron chi connectivity index (χ4n) is 3.37. The van der Waals surface area contributed by atoms with E-state index in [9.17, 15) is 0 Å². The largest absolute Gasteiger partial charge is 0.346 e. The molecule has 0 radical (unpaired) electrons. The van der Waals surface area contributed by atoms with E-state index < -0.39 is 0 Å². The van der Waals surface area contributed by atoms with Crippen LogP contribution in [0.3, 0.4) is 0 Å². The van der Waals surface area contributed by atoms with Crippen molar-refractivity contribution in [1.82, 2.24) is 15.3 Å². The lowest BCUT2D eigenvalue weighted by atomic mass is 9.94. The number of pyridine rings is 1. The third-order valence-corrected chi connectivity index (χ3v) is 4.26. The molecule has 2 aliphatic heterocycles. The molecular weight excluding hydrogens is 222 g/mol. The Balaban J connectivity index is 1.84. The molecule has 2 atom stereocenters.